The Morgan fingerprint density at radius 3 is 2.11 bits per heavy atom. The van der Waals surface area contributed by atoms with Gasteiger partial charge in [0.2, 0.25) is 0 Å². The van der Waals surface area contributed by atoms with Gasteiger partial charge in [0.25, 0.3) is 0 Å². The zero-order valence-corrected chi connectivity index (χ0v) is 5.18. The molecular formula is C6H8O3. The minimum Gasteiger partial charge on any atom is -0.478 e. The molecule has 3 nitrogen and oxygen atoms in total. The fourth-order valence-electron chi connectivity index (χ4n) is 0.376. The second kappa shape index (κ2) is 3.02. The molecular weight excluding hydrogens is 120 g/mol. The second-order valence-corrected chi connectivity index (χ2v) is 1.79. The van der Waals surface area contributed by atoms with Crippen molar-refractivity contribution < 1.29 is 14.7 Å². The van der Waals surface area contributed by atoms with Crippen LogP contribution in [-0.2, 0) is 9.59 Å². The van der Waals surface area contributed by atoms with Crippen molar-refractivity contribution in [1.82, 2.24) is 0 Å². The Bertz CT molecular complexity index is 158. The van der Waals surface area contributed by atoms with Crippen LogP contribution in [0.2, 0.25) is 0 Å². The summed E-state index contributed by atoms with van der Waals surface area (Å²) in [5, 5.41) is 8.18. The van der Waals surface area contributed by atoms with E-state index in [1.807, 2.05) is 0 Å². The van der Waals surface area contributed by atoms with Crippen molar-refractivity contribution in [1.29, 1.82) is 0 Å². The minimum atomic E-state index is -1.11. The minimum absolute atomic E-state index is 0.0532. The van der Waals surface area contributed by atoms with Gasteiger partial charge in [-0.3, -0.25) is 4.79 Å². The van der Waals surface area contributed by atoms with Crippen LogP contribution in [0.3, 0.4) is 0 Å². The van der Waals surface area contributed by atoms with Crippen LogP contribution in [0.4, 0.5) is 0 Å². The number of ketones is 1. The van der Waals surface area contributed by atoms with Gasteiger partial charge in [-0.2, -0.15) is 0 Å². The van der Waals surface area contributed by atoms with E-state index in [9.17, 15) is 9.59 Å². The molecule has 0 spiro atoms. The van der Waals surface area contributed by atoms with Crippen LogP contribution in [0.25, 0.3) is 0 Å². The van der Waals surface area contributed by atoms with Crippen molar-refractivity contribution in [3.05, 3.63) is 12.2 Å². The van der Waals surface area contributed by atoms with E-state index >= 15 is 0 Å². The predicted octanol–water partition coefficient (Wildman–Crippen LogP) is 0.606. The van der Waals surface area contributed by atoms with E-state index in [0.29, 0.717) is 0 Å². The first-order valence-corrected chi connectivity index (χ1v) is 2.44. The van der Waals surface area contributed by atoms with Crippen LogP contribution in [0, 0.1) is 0 Å². The summed E-state index contributed by atoms with van der Waals surface area (Å²) < 4.78 is 0. The van der Waals surface area contributed by atoms with Gasteiger partial charge in [0.05, 0.1) is 0 Å². The summed E-state index contributed by atoms with van der Waals surface area (Å²) in [5.74, 6) is -1.28. The fraction of sp³-hybridized carbons (Fsp3) is 0.333. The van der Waals surface area contributed by atoms with E-state index in [0.717, 1.165) is 0 Å². The average molecular weight is 128 g/mol. The molecule has 9 heavy (non-hydrogen) atoms. The van der Waals surface area contributed by atoms with Gasteiger partial charge in [0, 0.05) is 12.0 Å². The summed E-state index contributed by atoms with van der Waals surface area (Å²) in [5.41, 5.74) is -0.0532. The first-order chi connectivity index (χ1) is 4.04. The highest BCUT2D eigenvalue weighted by molar-refractivity contribution is 5.93. The molecule has 50 valence electrons. The molecule has 0 radical (unpaired) electrons. The van der Waals surface area contributed by atoms with Crippen molar-refractivity contribution >= 4 is 11.8 Å². The standard InChI is InChI=1S/C6H8O3/c1-4(6(8)9)3-5(2)7/h1,3H2,2H3,(H,8,9). The zero-order valence-electron chi connectivity index (χ0n) is 5.18. The highest BCUT2D eigenvalue weighted by Crippen LogP contribution is 1.96. The molecule has 0 aliphatic carbocycles. The molecule has 0 aliphatic rings. The molecule has 0 unspecified atom stereocenters. The largest absolute Gasteiger partial charge is 0.478 e. The lowest BCUT2D eigenvalue weighted by Crippen LogP contribution is -2.02. The quantitative estimate of drug-likeness (QED) is 0.566. The van der Waals surface area contributed by atoms with E-state index in [1.54, 1.807) is 0 Å². The van der Waals surface area contributed by atoms with Gasteiger partial charge < -0.3 is 5.11 Å². The van der Waals surface area contributed by atoms with Gasteiger partial charge in [-0.15, -0.1) is 0 Å². The number of carboxylic acid groups (broad SMARTS) is 1. The van der Waals surface area contributed by atoms with E-state index in [4.69, 9.17) is 5.11 Å². The number of carbonyl (C=O) groups excluding carboxylic acids is 1. The number of aliphatic carboxylic acids is 1. The van der Waals surface area contributed by atoms with Gasteiger partial charge in [0.1, 0.15) is 5.78 Å². The normalized spacial score (nSPS) is 8.56. The molecule has 0 bridgehead atoms. The average Bonchev–Trinajstić information content (AvgIpc) is 1.63. The second-order valence-electron chi connectivity index (χ2n) is 1.79. The highest BCUT2D eigenvalue weighted by atomic mass is 16.4. The fourth-order valence-corrected chi connectivity index (χ4v) is 0.376. The summed E-state index contributed by atoms with van der Waals surface area (Å²) >= 11 is 0. The molecule has 3 heteroatoms. The molecule has 0 saturated carbocycles. The number of carbonyl (C=O) groups is 2. The molecule has 0 aromatic carbocycles. The molecule has 0 saturated heterocycles. The van der Waals surface area contributed by atoms with E-state index in [-0.39, 0.29) is 17.8 Å². The van der Waals surface area contributed by atoms with Crippen molar-refractivity contribution in [2.24, 2.45) is 0 Å². The monoisotopic (exact) mass is 128 g/mol. The first kappa shape index (κ1) is 7.88. The van der Waals surface area contributed by atoms with Crippen LogP contribution in [-0.4, -0.2) is 16.9 Å². The van der Waals surface area contributed by atoms with E-state index < -0.39 is 5.97 Å². The molecule has 0 aromatic heterocycles. The summed E-state index contributed by atoms with van der Waals surface area (Å²) in [6.07, 6.45) is -0.0602. The van der Waals surface area contributed by atoms with Gasteiger partial charge in [-0.1, -0.05) is 6.58 Å². The molecule has 0 heterocycles. The number of rotatable bonds is 3. The van der Waals surface area contributed by atoms with Gasteiger partial charge in [0.15, 0.2) is 0 Å². The maximum absolute atomic E-state index is 10.2. The highest BCUT2D eigenvalue weighted by Gasteiger charge is 2.04. The molecule has 0 aromatic rings. The summed E-state index contributed by atoms with van der Waals surface area (Å²) in [6, 6.07) is 0. The first-order valence-electron chi connectivity index (χ1n) is 2.44. The molecule has 0 rings (SSSR count). The lowest BCUT2D eigenvalue weighted by Gasteiger charge is -1.92. The van der Waals surface area contributed by atoms with E-state index in [1.165, 1.54) is 6.92 Å². The number of hydrogen-bond donors (Lipinski definition) is 1. The van der Waals surface area contributed by atoms with Gasteiger partial charge in [-0.05, 0) is 6.92 Å². The van der Waals surface area contributed by atoms with Crippen molar-refractivity contribution in [3.63, 3.8) is 0 Å². The molecule has 0 fully saturated rings. The summed E-state index contributed by atoms with van der Waals surface area (Å²) in [4.78, 5) is 20.2. The number of carboxylic acids is 1. The Morgan fingerprint density at radius 2 is 2.00 bits per heavy atom. The summed E-state index contributed by atoms with van der Waals surface area (Å²) in [6.45, 7) is 4.50. The van der Waals surface area contributed by atoms with Crippen molar-refractivity contribution in [2.75, 3.05) is 0 Å². The van der Waals surface area contributed by atoms with Gasteiger partial charge in [-0.25, -0.2) is 4.79 Å². The Hall–Kier alpha value is -1.12. The lowest BCUT2D eigenvalue weighted by atomic mass is 10.2. The number of Topliss-reactive ketones (excluding diaryl/α,β-unsaturated/α-hetero) is 1. The maximum Gasteiger partial charge on any atom is 0.331 e. The lowest BCUT2D eigenvalue weighted by molar-refractivity contribution is -0.133. The van der Waals surface area contributed by atoms with Crippen LogP contribution >= 0.6 is 0 Å². The molecule has 1 N–H and O–H groups in total. The topological polar surface area (TPSA) is 54.4 Å². The SMILES string of the molecule is C=C(CC(C)=O)C(=O)O. The molecule has 0 amide bonds. The van der Waals surface area contributed by atoms with E-state index in [2.05, 4.69) is 6.58 Å². The van der Waals surface area contributed by atoms with Crippen LogP contribution in [0.1, 0.15) is 13.3 Å². The third-order valence-electron chi connectivity index (χ3n) is 0.765. The zero-order chi connectivity index (χ0) is 7.44. The van der Waals surface area contributed by atoms with Crippen LogP contribution in [0.5, 0.6) is 0 Å². The van der Waals surface area contributed by atoms with Crippen LogP contribution < -0.4 is 0 Å². The Balaban J connectivity index is 3.79. The van der Waals surface area contributed by atoms with Crippen molar-refractivity contribution in [3.8, 4) is 0 Å². The van der Waals surface area contributed by atoms with Gasteiger partial charge >= 0.3 is 5.97 Å². The number of hydrogen-bond acceptors (Lipinski definition) is 2. The molecule has 0 aliphatic heterocycles. The van der Waals surface area contributed by atoms with Crippen LogP contribution in [0.15, 0.2) is 12.2 Å². The predicted molar refractivity (Wildman–Crippen MR) is 32.1 cm³/mol. The Kier molecular flexibility index (Phi) is 2.64. The molecule has 0 atom stereocenters. The third-order valence-corrected chi connectivity index (χ3v) is 0.765. The summed E-state index contributed by atoms with van der Waals surface area (Å²) in [7, 11) is 0. The Labute approximate surface area is 53.0 Å². The van der Waals surface area contributed by atoms with Crippen molar-refractivity contribution in [2.45, 2.75) is 13.3 Å². The Morgan fingerprint density at radius 1 is 1.56 bits per heavy atom. The smallest absolute Gasteiger partial charge is 0.331 e. The third kappa shape index (κ3) is 3.46. The maximum atomic E-state index is 10.2.